The number of pyridine rings is 1. The summed E-state index contributed by atoms with van der Waals surface area (Å²) in [6, 6.07) is 13.8. The third-order valence-electron chi connectivity index (χ3n) is 4.75. The number of sulfone groups is 1. The van der Waals surface area contributed by atoms with E-state index in [0.717, 1.165) is 5.56 Å². The molecule has 0 saturated carbocycles. The molecule has 0 atom stereocenters. The fourth-order valence-corrected chi connectivity index (χ4v) is 4.06. The van der Waals surface area contributed by atoms with Crippen LogP contribution in [0.1, 0.15) is 25.2 Å². The molecule has 0 spiro atoms. The van der Waals surface area contributed by atoms with Crippen molar-refractivity contribution in [1.82, 2.24) is 20.3 Å². The highest BCUT2D eigenvalue weighted by Gasteiger charge is 2.18. The number of benzene rings is 1. The molecule has 1 aromatic carbocycles. The minimum absolute atomic E-state index is 0.146. The standard InChI is InChI=1S/C23H28N6O3S/c1-16(2)33(31,32)19-9-7-18(8-10-19)14-23(30)26-13-12-25-21-15-22(28-17(3)27-21)29-20-6-4-5-11-24-20/h4-11,15-16H,12-14H2,1-3H3,(H,26,30)(H2,24,25,27,28,29). The van der Waals surface area contributed by atoms with Crippen molar-refractivity contribution in [3.05, 3.63) is 66.1 Å². The zero-order chi connectivity index (χ0) is 23.8. The Morgan fingerprint density at radius 1 is 0.970 bits per heavy atom. The Kier molecular flexibility index (Phi) is 7.94. The van der Waals surface area contributed by atoms with Crippen molar-refractivity contribution in [2.24, 2.45) is 0 Å². The zero-order valence-corrected chi connectivity index (χ0v) is 19.7. The summed E-state index contributed by atoms with van der Waals surface area (Å²) in [7, 11) is -3.32. The summed E-state index contributed by atoms with van der Waals surface area (Å²) >= 11 is 0. The first-order valence-corrected chi connectivity index (χ1v) is 12.2. The molecular weight excluding hydrogens is 440 g/mol. The molecule has 2 heterocycles. The molecule has 0 aliphatic heterocycles. The van der Waals surface area contributed by atoms with Gasteiger partial charge in [-0.3, -0.25) is 4.79 Å². The van der Waals surface area contributed by atoms with Crippen molar-refractivity contribution in [3.8, 4) is 0 Å². The van der Waals surface area contributed by atoms with E-state index < -0.39 is 15.1 Å². The van der Waals surface area contributed by atoms with E-state index in [1.165, 1.54) is 0 Å². The van der Waals surface area contributed by atoms with Gasteiger partial charge >= 0.3 is 0 Å². The Morgan fingerprint density at radius 3 is 2.36 bits per heavy atom. The summed E-state index contributed by atoms with van der Waals surface area (Å²) < 4.78 is 24.4. The monoisotopic (exact) mass is 468 g/mol. The number of carbonyl (C=O) groups is 1. The third-order valence-corrected chi connectivity index (χ3v) is 6.92. The second-order valence-corrected chi connectivity index (χ2v) is 10.2. The molecule has 0 aliphatic rings. The molecule has 0 bridgehead atoms. The van der Waals surface area contributed by atoms with Crippen LogP contribution in [0.2, 0.25) is 0 Å². The number of amides is 1. The molecule has 0 unspecified atom stereocenters. The largest absolute Gasteiger partial charge is 0.368 e. The number of rotatable bonds is 10. The summed E-state index contributed by atoms with van der Waals surface area (Å²) in [5.41, 5.74) is 0.750. The maximum Gasteiger partial charge on any atom is 0.224 e. The van der Waals surface area contributed by atoms with Crippen LogP contribution in [-0.4, -0.2) is 47.6 Å². The topological polar surface area (TPSA) is 126 Å². The molecule has 10 heteroatoms. The van der Waals surface area contributed by atoms with E-state index in [9.17, 15) is 13.2 Å². The molecule has 33 heavy (non-hydrogen) atoms. The molecule has 3 rings (SSSR count). The number of nitrogens with one attached hydrogen (secondary N) is 3. The zero-order valence-electron chi connectivity index (χ0n) is 18.9. The van der Waals surface area contributed by atoms with Gasteiger partial charge in [0.1, 0.15) is 23.3 Å². The third kappa shape index (κ3) is 6.98. The Morgan fingerprint density at radius 2 is 1.70 bits per heavy atom. The average molecular weight is 469 g/mol. The van der Waals surface area contributed by atoms with Crippen molar-refractivity contribution >= 4 is 33.2 Å². The van der Waals surface area contributed by atoms with Gasteiger partial charge in [-0.25, -0.2) is 23.4 Å². The van der Waals surface area contributed by atoms with Crippen LogP contribution in [0.15, 0.2) is 59.6 Å². The minimum Gasteiger partial charge on any atom is -0.368 e. The number of carbonyl (C=O) groups excluding carboxylic acids is 1. The molecule has 0 aliphatic carbocycles. The van der Waals surface area contributed by atoms with Crippen molar-refractivity contribution in [2.45, 2.75) is 37.3 Å². The minimum atomic E-state index is -3.32. The molecule has 1 amide bonds. The lowest BCUT2D eigenvalue weighted by atomic mass is 10.1. The summed E-state index contributed by atoms with van der Waals surface area (Å²) in [5.74, 6) is 2.40. The van der Waals surface area contributed by atoms with Crippen LogP contribution in [0.25, 0.3) is 0 Å². The van der Waals surface area contributed by atoms with Gasteiger partial charge in [0.15, 0.2) is 9.84 Å². The van der Waals surface area contributed by atoms with E-state index in [0.29, 0.717) is 36.4 Å². The van der Waals surface area contributed by atoms with Gasteiger partial charge in [-0.1, -0.05) is 18.2 Å². The highest BCUT2D eigenvalue weighted by Crippen LogP contribution is 2.17. The summed E-state index contributed by atoms with van der Waals surface area (Å²) in [5, 5.41) is 8.66. The Labute approximate surface area is 194 Å². The molecule has 3 N–H and O–H groups in total. The van der Waals surface area contributed by atoms with Gasteiger partial charge in [0.2, 0.25) is 5.91 Å². The van der Waals surface area contributed by atoms with Gasteiger partial charge in [0.05, 0.1) is 16.6 Å². The predicted octanol–water partition coefficient (Wildman–Crippen LogP) is 2.88. The first-order chi connectivity index (χ1) is 15.7. The fraction of sp³-hybridized carbons (Fsp3) is 0.304. The van der Waals surface area contributed by atoms with E-state index >= 15 is 0 Å². The van der Waals surface area contributed by atoms with Crippen LogP contribution in [0.4, 0.5) is 17.5 Å². The summed E-state index contributed by atoms with van der Waals surface area (Å²) in [6.45, 7) is 5.98. The molecule has 3 aromatic rings. The Hall–Kier alpha value is -3.53. The first-order valence-electron chi connectivity index (χ1n) is 10.6. The van der Waals surface area contributed by atoms with Crippen molar-refractivity contribution in [3.63, 3.8) is 0 Å². The van der Waals surface area contributed by atoms with Gasteiger partial charge in [0, 0.05) is 25.4 Å². The lowest BCUT2D eigenvalue weighted by Gasteiger charge is -2.11. The smallest absolute Gasteiger partial charge is 0.224 e. The second kappa shape index (κ2) is 10.9. The summed E-state index contributed by atoms with van der Waals surface area (Å²) in [4.78, 5) is 25.4. The van der Waals surface area contributed by atoms with Gasteiger partial charge in [-0.2, -0.15) is 0 Å². The Bertz CT molecular complexity index is 1180. The van der Waals surface area contributed by atoms with E-state index in [1.807, 2.05) is 18.2 Å². The van der Waals surface area contributed by atoms with E-state index in [2.05, 4.69) is 30.9 Å². The van der Waals surface area contributed by atoms with Crippen LogP contribution >= 0.6 is 0 Å². The SMILES string of the molecule is Cc1nc(NCCNC(=O)Cc2ccc(S(=O)(=O)C(C)C)cc2)cc(Nc2ccccn2)n1. The van der Waals surface area contributed by atoms with Crippen LogP contribution in [0, 0.1) is 6.92 Å². The lowest BCUT2D eigenvalue weighted by molar-refractivity contribution is -0.120. The highest BCUT2D eigenvalue weighted by molar-refractivity contribution is 7.92. The van der Waals surface area contributed by atoms with Crippen LogP contribution in [0.5, 0.6) is 0 Å². The number of hydrogen-bond acceptors (Lipinski definition) is 8. The van der Waals surface area contributed by atoms with Gasteiger partial charge in [-0.05, 0) is 50.6 Å². The van der Waals surface area contributed by atoms with E-state index in [-0.39, 0.29) is 17.2 Å². The number of hydrogen-bond donors (Lipinski definition) is 3. The predicted molar refractivity (Wildman–Crippen MR) is 128 cm³/mol. The lowest BCUT2D eigenvalue weighted by Crippen LogP contribution is -2.30. The quantitative estimate of drug-likeness (QED) is 0.388. The number of anilines is 3. The highest BCUT2D eigenvalue weighted by atomic mass is 32.2. The molecular formula is C23H28N6O3S. The van der Waals surface area contributed by atoms with Gasteiger partial charge in [-0.15, -0.1) is 0 Å². The molecule has 2 aromatic heterocycles. The summed E-state index contributed by atoms with van der Waals surface area (Å²) in [6.07, 6.45) is 1.87. The van der Waals surface area contributed by atoms with Gasteiger partial charge in [0.25, 0.3) is 0 Å². The molecule has 0 fully saturated rings. The van der Waals surface area contributed by atoms with Gasteiger partial charge < -0.3 is 16.0 Å². The normalized spacial score (nSPS) is 11.3. The molecule has 174 valence electrons. The average Bonchev–Trinajstić information content (AvgIpc) is 2.77. The van der Waals surface area contributed by atoms with E-state index in [4.69, 9.17) is 0 Å². The van der Waals surface area contributed by atoms with Crippen molar-refractivity contribution in [2.75, 3.05) is 23.7 Å². The molecule has 9 nitrogen and oxygen atoms in total. The van der Waals surface area contributed by atoms with Crippen molar-refractivity contribution < 1.29 is 13.2 Å². The van der Waals surface area contributed by atoms with E-state index in [1.54, 1.807) is 57.3 Å². The maximum absolute atomic E-state index is 12.2. The fourth-order valence-electron chi connectivity index (χ4n) is 3.00. The van der Waals surface area contributed by atoms with Crippen LogP contribution in [-0.2, 0) is 21.1 Å². The maximum atomic E-state index is 12.2. The Balaban J connectivity index is 1.47. The number of aryl methyl sites for hydroxylation is 1. The van der Waals surface area contributed by atoms with Crippen LogP contribution in [0.3, 0.4) is 0 Å². The first kappa shape index (κ1) is 24.1. The molecule has 0 radical (unpaired) electrons. The number of aromatic nitrogens is 3. The molecule has 0 saturated heterocycles. The van der Waals surface area contributed by atoms with Crippen molar-refractivity contribution in [1.29, 1.82) is 0 Å². The second-order valence-electron chi connectivity index (χ2n) is 7.72. The number of nitrogens with zero attached hydrogens (tertiary/aromatic N) is 3. The van der Waals surface area contributed by atoms with Crippen LogP contribution < -0.4 is 16.0 Å².